The molecule has 0 saturated carbocycles. The molecule has 2 nitrogen and oxygen atoms in total. The molecule has 0 aromatic heterocycles. The van der Waals surface area contributed by atoms with Gasteiger partial charge in [0.25, 0.3) is 0 Å². The van der Waals surface area contributed by atoms with Crippen molar-refractivity contribution in [2.45, 2.75) is 12.5 Å². The predicted molar refractivity (Wildman–Crippen MR) is 63.7 cm³/mol. The van der Waals surface area contributed by atoms with Crippen molar-refractivity contribution in [3.63, 3.8) is 0 Å². The summed E-state index contributed by atoms with van der Waals surface area (Å²) in [5, 5.41) is 0. The minimum Gasteiger partial charge on any atom is -0.399 e. The van der Waals surface area contributed by atoms with E-state index in [2.05, 4.69) is 24.0 Å². The van der Waals surface area contributed by atoms with Crippen LogP contribution in [0.15, 0.2) is 59.2 Å². The summed E-state index contributed by atoms with van der Waals surface area (Å²) in [6.07, 6.45) is 7.50. The van der Waals surface area contributed by atoms with Crippen LogP contribution in [-0.2, 0) is 5.54 Å². The van der Waals surface area contributed by atoms with E-state index in [1.807, 2.05) is 36.4 Å². The van der Waals surface area contributed by atoms with Crippen LogP contribution in [0.1, 0.15) is 12.5 Å². The Kier molecular flexibility index (Phi) is 2.42. The van der Waals surface area contributed by atoms with Crippen molar-refractivity contribution in [2.75, 3.05) is 0 Å². The van der Waals surface area contributed by atoms with Crippen molar-refractivity contribution in [2.24, 2.45) is 10.7 Å². The van der Waals surface area contributed by atoms with Gasteiger partial charge in [0.2, 0.25) is 0 Å². The minimum atomic E-state index is -0.307. The van der Waals surface area contributed by atoms with Crippen LogP contribution in [0, 0.1) is 0 Å². The standard InChI is InChI=1S/C13H14N2/c1-13(11-5-3-2-4-6-11)9-7-12(14)8-10-15-13/h2-10H,14H2,1H3. The number of benzene rings is 1. The lowest BCUT2D eigenvalue weighted by Gasteiger charge is -2.20. The third kappa shape index (κ3) is 1.99. The molecule has 0 spiro atoms. The van der Waals surface area contributed by atoms with E-state index in [4.69, 9.17) is 5.73 Å². The summed E-state index contributed by atoms with van der Waals surface area (Å²) >= 11 is 0. The average Bonchev–Trinajstić information content (AvgIpc) is 2.44. The Hall–Kier alpha value is -1.83. The van der Waals surface area contributed by atoms with Gasteiger partial charge in [-0.15, -0.1) is 0 Å². The molecule has 0 saturated heterocycles. The number of nitrogens with zero attached hydrogens (tertiary/aromatic N) is 1. The smallest absolute Gasteiger partial charge is 0.101 e. The quantitative estimate of drug-likeness (QED) is 0.739. The van der Waals surface area contributed by atoms with E-state index in [-0.39, 0.29) is 5.54 Å². The normalized spacial score (nSPS) is 24.7. The number of rotatable bonds is 1. The summed E-state index contributed by atoms with van der Waals surface area (Å²) in [6.45, 7) is 2.07. The van der Waals surface area contributed by atoms with E-state index < -0.39 is 0 Å². The molecule has 15 heavy (non-hydrogen) atoms. The molecule has 2 rings (SSSR count). The Morgan fingerprint density at radius 3 is 2.67 bits per heavy atom. The molecule has 1 aliphatic heterocycles. The van der Waals surface area contributed by atoms with Gasteiger partial charge in [0.1, 0.15) is 5.54 Å². The van der Waals surface area contributed by atoms with E-state index in [0.717, 1.165) is 5.70 Å². The van der Waals surface area contributed by atoms with Crippen molar-refractivity contribution in [3.8, 4) is 0 Å². The SMILES string of the molecule is CC1(c2ccccc2)C=CC(N)=CC=N1. The maximum absolute atomic E-state index is 5.72. The van der Waals surface area contributed by atoms with E-state index in [1.165, 1.54) is 5.56 Å². The van der Waals surface area contributed by atoms with Gasteiger partial charge in [0, 0.05) is 11.9 Å². The summed E-state index contributed by atoms with van der Waals surface area (Å²) < 4.78 is 0. The number of hydrogen-bond donors (Lipinski definition) is 1. The molecule has 0 aliphatic carbocycles. The van der Waals surface area contributed by atoms with Crippen molar-refractivity contribution in [1.82, 2.24) is 0 Å². The molecule has 1 aromatic carbocycles. The molecule has 1 aromatic rings. The van der Waals surface area contributed by atoms with Crippen molar-refractivity contribution in [3.05, 3.63) is 59.8 Å². The van der Waals surface area contributed by atoms with Gasteiger partial charge < -0.3 is 5.73 Å². The Labute approximate surface area is 89.8 Å². The van der Waals surface area contributed by atoms with E-state index in [9.17, 15) is 0 Å². The number of aliphatic imine (C=N–C) groups is 1. The molecule has 1 heterocycles. The highest BCUT2D eigenvalue weighted by molar-refractivity contribution is 5.74. The summed E-state index contributed by atoms with van der Waals surface area (Å²) in [4.78, 5) is 4.51. The second-order valence-corrected chi connectivity index (χ2v) is 3.79. The van der Waals surface area contributed by atoms with Crippen molar-refractivity contribution >= 4 is 6.21 Å². The van der Waals surface area contributed by atoms with Gasteiger partial charge in [-0.3, -0.25) is 4.99 Å². The Balaban J connectivity index is 2.41. The fourth-order valence-corrected chi connectivity index (χ4v) is 1.58. The van der Waals surface area contributed by atoms with Crippen LogP contribution in [0.3, 0.4) is 0 Å². The second-order valence-electron chi connectivity index (χ2n) is 3.79. The van der Waals surface area contributed by atoms with Gasteiger partial charge in [-0.1, -0.05) is 36.4 Å². The van der Waals surface area contributed by atoms with Crippen LogP contribution in [0.25, 0.3) is 0 Å². The third-order valence-electron chi connectivity index (χ3n) is 2.57. The molecule has 1 aliphatic rings. The molecule has 2 heteroatoms. The van der Waals surface area contributed by atoms with Crippen molar-refractivity contribution in [1.29, 1.82) is 0 Å². The summed E-state index contributed by atoms with van der Waals surface area (Å²) in [7, 11) is 0. The molecule has 0 bridgehead atoms. The van der Waals surface area contributed by atoms with E-state index >= 15 is 0 Å². The van der Waals surface area contributed by atoms with E-state index in [0.29, 0.717) is 0 Å². The molecular formula is C13H14N2. The monoisotopic (exact) mass is 198 g/mol. The van der Waals surface area contributed by atoms with Crippen LogP contribution < -0.4 is 5.73 Å². The van der Waals surface area contributed by atoms with Crippen molar-refractivity contribution < 1.29 is 0 Å². The zero-order valence-corrected chi connectivity index (χ0v) is 8.72. The molecule has 76 valence electrons. The van der Waals surface area contributed by atoms with Crippen LogP contribution in [-0.4, -0.2) is 6.21 Å². The first-order valence-corrected chi connectivity index (χ1v) is 4.96. The molecular weight excluding hydrogens is 184 g/mol. The first-order valence-electron chi connectivity index (χ1n) is 4.96. The highest BCUT2D eigenvalue weighted by Gasteiger charge is 2.21. The predicted octanol–water partition coefficient (Wildman–Crippen LogP) is 2.39. The number of allylic oxidation sites excluding steroid dienone is 2. The topological polar surface area (TPSA) is 38.4 Å². The first-order chi connectivity index (χ1) is 7.21. The highest BCUT2D eigenvalue weighted by atomic mass is 14.8. The van der Waals surface area contributed by atoms with Crippen LogP contribution in [0.2, 0.25) is 0 Å². The van der Waals surface area contributed by atoms with Gasteiger partial charge in [0.15, 0.2) is 0 Å². The fraction of sp³-hybridized carbons (Fsp3) is 0.154. The highest BCUT2D eigenvalue weighted by Crippen LogP contribution is 2.27. The maximum Gasteiger partial charge on any atom is 0.101 e. The van der Waals surface area contributed by atoms with Gasteiger partial charge in [-0.25, -0.2) is 0 Å². The molecule has 1 unspecified atom stereocenters. The van der Waals surface area contributed by atoms with Crippen LogP contribution >= 0.6 is 0 Å². The van der Waals surface area contributed by atoms with Crippen LogP contribution in [0.4, 0.5) is 0 Å². The molecule has 0 amide bonds. The van der Waals surface area contributed by atoms with Gasteiger partial charge in [0.05, 0.1) is 0 Å². The van der Waals surface area contributed by atoms with Crippen LogP contribution in [0.5, 0.6) is 0 Å². The van der Waals surface area contributed by atoms with E-state index in [1.54, 1.807) is 6.21 Å². The maximum atomic E-state index is 5.72. The third-order valence-corrected chi connectivity index (χ3v) is 2.57. The van der Waals surface area contributed by atoms with Gasteiger partial charge in [-0.05, 0) is 24.6 Å². The second kappa shape index (κ2) is 3.73. The Morgan fingerprint density at radius 1 is 1.20 bits per heavy atom. The zero-order valence-electron chi connectivity index (χ0n) is 8.72. The van der Waals surface area contributed by atoms with Gasteiger partial charge in [-0.2, -0.15) is 0 Å². The number of nitrogens with two attached hydrogens (primary N) is 1. The Morgan fingerprint density at radius 2 is 1.93 bits per heavy atom. The lowest BCUT2D eigenvalue weighted by molar-refractivity contribution is 0.638. The summed E-state index contributed by atoms with van der Waals surface area (Å²) in [5.74, 6) is 0. The fourth-order valence-electron chi connectivity index (χ4n) is 1.58. The Bertz CT molecular complexity index is 429. The lowest BCUT2D eigenvalue weighted by Crippen LogP contribution is -2.15. The van der Waals surface area contributed by atoms with Gasteiger partial charge >= 0.3 is 0 Å². The largest absolute Gasteiger partial charge is 0.399 e. The first kappa shape index (κ1) is 9.71. The summed E-state index contributed by atoms with van der Waals surface area (Å²) in [6, 6.07) is 10.2. The minimum absolute atomic E-state index is 0.307. The molecule has 0 radical (unpaired) electrons. The molecule has 1 atom stereocenters. The average molecular weight is 198 g/mol. The number of hydrogen-bond acceptors (Lipinski definition) is 2. The summed E-state index contributed by atoms with van der Waals surface area (Å²) in [5.41, 5.74) is 7.31. The molecule has 2 N–H and O–H groups in total. The zero-order chi connectivity index (χ0) is 10.7. The lowest BCUT2D eigenvalue weighted by atomic mass is 9.92. The molecule has 0 fully saturated rings.